The molecule has 3 N–H and O–H groups in total. The Hall–Kier alpha value is -0.890. The fourth-order valence-corrected chi connectivity index (χ4v) is 3.68. The number of benzene rings is 1. The minimum absolute atomic E-state index is 0. The van der Waals surface area contributed by atoms with E-state index in [1.165, 1.54) is 0 Å². The molecule has 0 aliphatic carbocycles. The molecule has 134 valence electrons. The largest absolute Gasteiger partial charge is 0.337 e. The lowest BCUT2D eigenvalue weighted by molar-refractivity contribution is -0.117. The van der Waals surface area contributed by atoms with Gasteiger partial charge in [-0.1, -0.05) is 6.07 Å². The summed E-state index contributed by atoms with van der Waals surface area (Å²) >= 11 is 3.53. The summed E-state index contributed by atoms with van der Waals surface area (Å²) in [5, 5.41) is 2.80. The third-order valence-electron chi connectivity index (χ3n) is 3.65. The van der Waals surface area contributed by atoms with Gasteiger partial charge in [0.15, 0.2) is 0 Å². The number of anilines is 1. The minimum atomic E-state index is -0.527. The van der Waals surface area contributed by atoms with Crippen molar-refractivity contribution in [3.8, 4) is 0 Å². The molecule has 0 aromatic heterocycles. The van der Waals surface area contributed by atoms with E-state index in [-0.39, 0.29) is 24.2 Å². The first-order valence-electron chi connectivity index (χ1n) is 7.64. The lowest BCUT2D eigenvalue weighted by Gasteiger charge is -2.26. The van der Waals surface area contributed by atoms with Crippen LogP contribution in [0.1, 0.15) is 16.8 Å². The summed E-state index contributed by atoms with van der Waals surface area (Å²) in [6, 6.07) is 6.55. The highest BCUT2D eigenvalue weighted by atomic mass is 35.5. The van der Waals surface area contributed by atoms with Crippen LogP contribution in [0.4, 0.5) is 5.69 Å². The summed E-state index contributed by atoms with van der Waals surface area (Å²) in [4.78, 5) is 26.4. The maximum Gasteiger partial charge on any atom is 0.253 e. The first-order valence-corrected chi connectivity index (χ1v) is 10.2. The van der Waals surface area contributed by atoms with E-state index < -0.39 is 6.04 Å². The van der Waals surface area contributed by atoms with Crippen LogP contribution in [-0.2, 0) is 4.79 Å². The molecule has 0 spiro atoms. The van der Waals surface area contributed by atoms with Gasteiger partial charge in [0, 0.05) is 35.8 Å². The predicted octanol–water partition coefficient (Wildman–Crippen LogP) is 2.32. The van der Waals surface area contributed by atoms with E-state index in [0.29, 0.717) is 17.7 Å². The normalized spacial score (nSPS) is 15.3. The number of amides is 2. The van der Waals surface area contributed by atoms with Crippen LogP contribution in [0.25, 0.3) is 0 Å². The van der Waals surface area contributed by atoms with Crippen LogP contribution in [0.2, 0.25) is 0 Å². The van der Waals surface area contributed by atoms with Crippen LogP contribution in [0, 0.1) is 0 Å². The number of hydrogen-bond donors (Lipinski definition) is 2. The summed E-state index contributed by atoms with van der Waals surface area (Å²) in [6.07, 6.45) is 2.62. The van der Waals surface area contributed by atoms with Gasteiger partial charge in [0.05, 0.1) is 6.04 Å². The number of hydrogen-bond acceptors (Lipinski definition) is 5. The van der Waals surface area contributed by atoms with E-state index in [9.17, 15) is 9.59 Å². The zero-order valence-electron chi connectivity index (χ0n) is 13.7. The van der Waals surface area contributed by atoms with Gasteiger partial charge in [-0.15, -0.1) is 12.4 Å². The highest BCUT2D eigenvalue weighted by Crippen LogP contribution is 2.16. The van der Waals surface area contributed by atoms with Crippen molar-refractivity contribution in [2.45, 2.75) is 12.5 Å². The van der Waals surface area contributed by atoms with Crippen molar-refractivity contribution < 1.29 is 9.59 Å². The Bertz CT molecular complexity index is 554. The van der Waals surface area contributed by atoms with Crippen LogP contribution >= 0.6 is 35.9 Å². The van der Waals surface area contributed by atoms with Gasteiger partial charge < -0.3 is 16.0 Å². The average molecular weight is 390 g/mol. The zero-order valence-corrected chi connectivity index (χ0v) is 16.1. The average Bonchev–Trinajstić information content (AvgIpc) is 2.60. The molecule has 1 aromatic carbocycles. The smallest absolute Gasteiger partial charge is 0.253 e. The Balaban J connectivity index is 0.00000288. The quantitative estimate of drug-likeness (QED) is 0.780. The van der Waals surface area contributed by atoms with Crippen molar-refractivity contribution in [2.24, 2.45) is 5.73 Å². The second kappa shape index (κ2) is 10.9. The van der Waals surface area contributed by atoms with E-state index in [1.807, 2.05) is 22.9 Å². The van der Waals surface area contributed by atoms with Crippen LogP contribution in [0.5, 0.6) is 0 Å². The molecule has 5 nitrogen and oxygen atoms in total. The second-order valence-corrected chi connectivity index (χ2v) is 7.57. The number of nitrogens with zero attached hydrogens (tertiary/aromatic N) is 1. The Morgan fingerprint density at radius 3 is 2.75 bits per heavy atom. The molecule has 2 amide bonds. The van der Waals surface area contributed by atoms with E-state index >= 15 is 0 Å². The lowest BCUT2D eigenvalue weighted by Crippen LogP contribution is -2.38. The highest BCUT2D eigenvalue weighted by Gasteiger charge is 2.19. The first kappa shape index (κ1) is 21.2. The molecule has 1 heterocycles. The van der Waals surface area contributed by atoms with Crippen molar-refractivity contribution in [3.63, 3.8) is 0 Å². The Morgan fingerprint density at radius 1 is 1.38 bits per heavy atom. The summed E-state index contributed by atoms with van der Waals surface area (Å²) in [7, 11) is 0. The van der Waals surface area contributed by atoms with E-state index in [1.54, 1.807) is 36.0 Å². The molecule has 0 bridgehead atoms. The maximum atomic E-state index is 12.5. The number of carbonyl (C=O) groups excluding carboxylic acids is 2. The van der Waals surface area contributed by atoms with Crippen molar-refractivity contribution in [1.29, 1.82) is 0 Å². The summed E-state index contributed by atoms with van der Waals surface area (Å²) < 4.78 is 0. The number of carbonyl (C=O) groups is 2. The molecule has 0 saturated carbocycles. The van der Waals surface area contributed by atoms with E-state index in [2.05, 4.69) is 5.32 Å². The van der Waals surface area contributed by atoms with Gasteiger partial charge in [-0.05, 0) is 36.6 Å². The molecule has 1 saturated heterocycles. The Labute approximate surface area is 157 Å². The van der Waals surface area contributed by atoms with Crippen molar-refractivity contribution >= 4 is 53.4 Å². The molecule has 0 unspecified atom stereocenters. The van der Waals surface area contributed by atoms with Gasteiger partial charge in [-0.2, -0.15) is 23.5 Å². The topological polar surface area (TPSA) is 75.4 Å². The number of nitrogens with two attached hydrogens (primary N) is 1. The molecule has 8 heteroatoms. The molecule has 1 aromatic rings. The van der Waals surface area contributed by atoms with Gasteiger partial charge in [-0.3, -0.25) is 9.59 Å². The van der Waals surface area contributed by atoms with Gasteiger partial charge in [0.2, 0.25) is 5.91 Å². The standard InChI is InChI=1S/C16H23N3O2S2.ClH/c1-22-8-5-14(17)15(20)18-13-4-2-3-12(11-13)16(21)19-6-9-23-10-7-19;/h2-4,11,14H,5-10,17H2,1H3,(H,18,20);1H/t14-;/m0./s1. The van der Waals surface area contributed by atoms with E-state index in [0.717, 1.165) is 30.3 Å². The van der Waals surface area contributed by atoms with Crippen molar-refractivity contribution in [1.82, 2.24) is 4.90 Å². The van der Waals surface area contributed by atoms with Gasteiger partial charge in [0.1, 0.15) is 0 Å². The predicted molar refractivity (Wildman–Crippen MR) is 107 cm³/mol. The summed E-state index contributed by atoms with van der Waals surface area (Å²) in [6.45, 7) is 1.55. The molecule has 1 fully saturated rings. The Morgan fingerprint density at radius 2 is 2.08 bits per heavy atom. The Kier molecular flexibility index (Phi) is 9.58. The number of nitrogens with one attached hydrogen (secondary N) is 1. The molecule has 1 aliphatic heterocycles. The first-order chi connectivity index (χ1) is 11.1. The highest BCUT2D eigenvalue weighted by molar-refractivity contribution is 7.99. The van der Waals surface area contributed by atoms with Crippen LogP contribution < -0.4 is 11.1 Å². The fourth-order valence-electron chi connectivity index (χ4n) is 2.29. The minimum Gasteiger partial charge on any atom is -0.337 e. The molecule has 1 aliphatic rings. The molecule has 1 atom stereocenters. The molecule has 0 radical (unpaired) electrons. The van der Waals surface area contributed by atoms with Gasteiger partial charge >= 0.3 is 0 Å². The number of rotatable bonds is 6. The van der Waals surface area contributed by atoms with Crippen LogP contribution in [-0.4, -0.2) is 59.4 Å². The monoisotopic (exact) mass is 389 g/mol. The maximum absolute atomic E-state index is 12.5. The lowest BCUT2D eigenvalue weighted by atomic mass is 10.1. The van der Waals surface area contributed by atoms with Crippen molar-refractivity contribution in [2.75, 3.05) is 41.9 Å². The molecule has 24 heavy (non-hydrogen) atoms. The van der Waals surface area contributed by atoms with Crippen LogP contribution in [0.15, 0.2) is 24.3 Å². The van der Waals surface area contributed by atoms with E-state index in [4.69, 9.17) is 5.73 Å². The number of thioether (sulfide) groups is 2. The molecular weight excluding hydrogens is 366 g/mol. The second-order valence-electron chi connectivity index (χ2n) is 5.36. The zero-order chi connectivity index (χ0) is 16.7. The summed E-state index contributed by atoms with van der Waals surface area (Å²) in [5.41, 5.74) is 7.08. The van der Waals surface area contributed by atoms with Gasteiger partial charge in [-0.25, -0.2) is 0 Å². The summed E-state index contributed by atoms with van der Waals surface area (Å²) in [5.74, 6) is 2.62. The van der Waals surface area contributed by atoms with Crippen molar-refractivity contribution in [3.05, 3.63) is 29.8 Å². The third kappa shape index (κ3) is 6.20. The number of halogens is 1. The third-order valence-corrected chi connectivity index (χ3v) is 5.23. The van der Waals surface area contributed by atoms with Gasteiger partial charge in [0.25, 0.3) is 5.91 Å². The molecule has 2 rings (SSSR count). The fraction of sp³-hybridized carbons (Fsp3) is 0.500. The molecular formula is C16H24ClN3O2S2. The van der Waals surface area contributed by atoms with Crippen LogP contribution in [0.3, 0.4) is 0 Å². The SMILES string of the molecule is CSCC[C@H](N)C(=O)Nc1cccc(C(=O)N2CCSCC2)c1.Cl.